The van der Waals surface area contributed by atoms with Gasteiger partial charge in [0.1, 0.15) is 5.82 Å². The number of carbonyl (C=O) groups is 1. The smallest absolute Gasteiger partial charge is 0.340 e. The second-order valence-electron chi connectivity index (χ2n) is 4.08. The van der Waals surface area contributed by atoms with Crippen molar-refractivity contribution in [2.45, 2.75) is 19.4 Å². The van der Waals surface area contributed by atoms with E-state index in [2.05, 4.69) is 10.3 Å². The van der Waals surface area contributed by atoms with E-state index in [-0.39, 0.29) is 5.97 Å². The number of pyridine rings is 1. The second-order valence-corrected chi connectivity index (χ2v) is 5.23. The Labute approximate surface area is 110 Å². The van der Waals surface area contributed by atoms with Gasteiger partial charge in [0.15, 0.2) is 0 Å². The van der Waals surface area contributed by atoms with Crippen LogP contribution in [0.4, 0.5) is 11.5 Å². The number of anilines is 2. The van der Waals surface area contributed by atoms with Gasteiger partial charge in [0, 0.05) is 11.8 Å². The molecule has 0 bridgehead atoms. The monoisotopic (exact) mass is 267 g/mol. The fourth-order valence-electron chi connectivity index (χ4n) is 1.83. The number of ether oxygens (including phenoxy) is 1. The van der Waals surface area contributed by atoms with E-state index in [9.17, 15) is 4.79 Å². The summed E-state index contributed by atoms with van der Waals surface area (Å²) in [6, 6.07) is 1.94. The summed E-state index contributed by atoms with van der Waals surface area (Å²) in [5.41, 5.74) is 6.78. The molecule has 1 aromatic rings. The number of rotatable bonds is 4. The predicted octanol–water partition coefficient (Wildman–Crippen LogP) is 1.76. The van der Waals surface area contributed by atoms with E-state index in [1.807, 2.05) is 11.8 Å². The fourth-order valence-corrected chi connectivity index (χ4v) is 2.98. The maximum absolute atomic E-state index is 11.8. The Balaban J connectivity index is 2.19. The molecule has 1 fully saturated rings. The van der Waals surface area contributed by atoms with E-state index in [1.165, 1.54) is 0 Å². The first-order valence-electron chi connectivity index (χ1n) is 5.97. The molecule has 0 spiro atoms. The lowest BCUT2D eigenvalue weighted by Crippen LogP contribution is -2.21. The van der Waals surface area contributed by atoms with Crippen LogP contribution >= 0.6 is 11.8 Å². The second kappa shape index (κ2) is 5.95. The number of aromatic nitrogens is 1. The summed E-state index contributed by atoms with van der Waals surface area (Å²) < 4.78 is 5.02. The largest absolute Gasteiger partial charge is 0.462 e. The molecular formula is C12H17N3O2S. The van der Waals surface area contributed by atoms with E-state index in [0.717, 1.165) is 17.9 Å². The lowest BCUT2D eigenvalue weighted by Gasteiger charge is -2.15. The van der Waals surface area contributed by atoms with Gasteiger partial charge < -0.3 is 15.8 Å². The topological polar surface area (TPSA) is 77.2 Å². The van der Waals surface area contributed by atoms with Crippen LogP contribution in [0.25, 0.3) is 0 Å². The van der Waals surface area contributed by atoms with Crippen molar-refractivity contribution in [3.05, 3.63) is 17.8 Å². The van der Waals surface area contributed by atoms with Gasteiger partial charge in [0.2, 0.25) is 0 Å². The highest BCUT2D eigenvalue weighted by Gasteiger charge is 2.19. The minimum atomic E-state index is -0.361. The van der Waals surface area contributed by atoms with Crippen LogP contribution < -0.4 is 11.1 Å². The van der Waals surface area contributed by atoms with Gasteiger partial charge in [0.05, 0.1) is 24.1 Å². The SMILES string of the molecule is CCOC(=O)c1cc(N)ncc1NC1CCSC1. The molecule has 1 aliphatic heterocycles. The van der Waals surface area contributed by atoms with E-state index in [0.29, 0.717) is 29.7 Å². The lowest BCUT2D eigenvalue weighted by atomic mass is 10.2. The number of thioether (sulfide) groups is 1. The summed E-state index contributed by atoms with van der Waals surface area (Å²) in [7, 11) is 0. The molecule has 3 N–H and O–H groups in total. The van der Waals surface area contributed by atoms with Gasteiger partial charge in [-0.15, -0.1) is 0 Å². The Hall–Kier alpha value is -1.43. The van der Waals surface area contributed by atoms with Crippen LogP contribution in [0, 0.1) is 0 Å². The minimum Gasteiger partial charge on any atom is -0.462 e. The van der Waals surface area contributed by atoms with Crippen LogP contribution in [0.15, 0.2) is 12.3 Å². The van der Waals surface area contributed by atoms with Gasteiger partial charge in [-0.05, 0) is 25.2 Å². The molecule has 0 aromatic carbocycles. The van der Waals surface area contributed by atoms with E-state index >= 15 is 0 Å². The molecule has 0 radical (unpaired) electrons. The van der Waals surface area contributed by atoms with Crippen LogP contribution in [0.1, 0.15) is 23.7 Å². The normalized spacial score (nSPS) is 18.6. The molecule has 0 aliphatic carbocycles. The van der Waals surface area contributed by atoms with Crippen molar-refractivity contribution in [1.82, 2.24) is 4.98 Å². The molecule has 1 aromatic heterocycles. The van der Waals surface area contributed by atoms with Crippen molar-refractivity contribution < 1.29 is 9.53 Å². The first kappa shape index (κ1) is 13.0. The molecule has 1 atom stereocenters. The van der Waals surface area contributed by atoms with E-state index < -0.39 is 0 Å². The van der Waals surface area contributed by atoms with Crippen LogP contribution in [0.3, 0.4) is 0 Å². The van der Waals surface area contributed by atoms with Gasteiger partial charge in [-0.3, -0.25) is 0 Å². The zero-order chi connectivity index (χ0) is 13.0. The van der Waals surface area contributed by atoms with Gasteiger partial charge >= 0.3 is 5.97 Å². The maximum atomic E-state index is 11.8. The highest BCUT2D eigenvalue weighted by molar-refractivity contribution is 7.99. The number of nitrogen functional groups attached to an aromatic ring is 1. The Morgan fingerprint density at radius 1 is 1.72 bits per heavy atom. The van der Waals surface area contributed by atoms with Crippen LogP contribution in [-0.2, 0) is 4.74 Å². The minimum absolute atomic E-state index is 0.324. The van der Waals surface area contributed by atoms with Crippen LogP contribution in [0.2, 0.25) is 0 Å². The number of nitrogens with two attached hydrogens (primary N) is 1. The van der Waals surface area contributed by atoms with Crippen LogP contribution in [0.5, 0.6) is 0 Å². The molecule has 6 heteroatoms. The van der Waals surface area contributed by atoms with Crippen molar-refractivity contribution in [3.8, 4) is 0 Å². The molecule has 18 heavy (non-hydrogen) atoms. The molecule has 2 heterocycles. The number of hydrogen-bond donors (Lipinski definition) is 2. The van der Waals surface area contributed by atoms with E-state index in [1.54, 1.807) is 19.2 Å². The number of esters is 1. The molecule has 0 saturated carbocycles. The Morgan fingerprint density at radius 3 is 3.22 bits per heavy atom. The third-order valence-corrected chi connectivity index (χ3v) is 3.87. The third-order valence-electron chi connectivity index (χ3n) is 2.71. The fraction of sp³-hybridized carbons (Fsp3) is 0.500. The number of nitrogens with one attached hydrogen (secondary N) is 1. The molecule has 1 aliphatic rings. The molecule has 5 nitrogen and oxygen atoms in total. The van der Waals surface area contributed by atoms with Gasteiger partial charge in [0.25, 0.3) is 0 Å². The molecular weight excluding hydrogens is 250 g/mol. The molecule has 2 rings (SSSR count). The first-order valence-corrected chi connectivity index (χ1v) is 7.13. The molecule has 0 amide bonds. The standard InChI is InChI=1S/C12H17N3O2S/c1-2-17-12(16)9-5-11(13)14-6-10(9)15-8-3-4-18-7-8/h5-6,8,15H,2-4,7H2,1H3,(H2,13,14). The average molecular weight is 267 g/mol. The van der Waals surface area contributed by atoms with Gasteiger partial charge in [-0.25, -0.2) is 9.78 Å². The summed E-state index contributed by atoms with van der Waals surface area (Å²) >= 11 is 1.91. The van der Waals surface area contributed by atoms with E-state index in [4.69, 9.17) is 10.5 Å². The summed E-state index contributed by atoms with van der Waals surface area (Å²) in [5, 5.41) is 3.34. The van der Waals surface area contributed by atoms with Crippen molar-refractivity contribution in [2.75, 3.05) is 29.2 Å². The summed E-state index contributed by atoms with van der Waals surface area (Å²) in [6.07, 6.45) is 2.70. The Morgan fingerprint density at radius 2 is 2.56 bits per heavy atom. The first-order chi connectivity index (χ1) is 8.70. The number of hydrogen-bond acceptors (Lipinski definition) is 6. The van der Waals surface area contributed by atoms with Gasteiger partial charge in [-0.2, -0.15) is 11.8 Å². The highest BCUT2D eigenvalue weighted by atomic mass is 32.2. The number of carbonyl (C=O) groups excluding carboxylic acids is 1. The summed E-state index contributed by atoms with van der Waals surface area (Å²) in [4.78, 5) is 15.9. The zero-order valence-electron chi connectivity index (χ0n) is 10.3. The maximum Gasteiger partial charge on any atom is 0.340 e. The van der Waals surface area contributed by atoms with Crippen molar-refractivity contribution in [1.29, 1.82) is 0 Å². The average Bonchev–Trinajstić information content (AvgIpc) is 2.84. The number of nitrogens with zero attached hydrogens (tertiary/aromatic N) is 1. The molecule has 1 unspecified atom stereocenters. The highest BCUT2D eigenvalue weighted by Crippen LogP contribution is 2.24. The molecule has 1 saturated heterocycles. The van der Waals surface area contributed by atoms with Gasteiger partial charge in [-0.1, -0.05) is 0 Å². The lowest BCUT2D eigenvalue weighted by molar-refractivity contribution is 0.0527. The summed E-state index contributed by atoms with van der Waals surface area (Å²) in [6.45, 7) is 2.13. The quantitative estimate of drug-likeness (QED) is 0.809. The predicted molar refractivity (Wildman–Crippen MR) is 74.0 cm³/mol. The Kier molecular flexibility index (Phi) is 4.30. The zero-order valence-corrected chi connectivity index (χ0v) is 11.1. The third kappa shape index (κ3) is 3.07. The molecule has 98 valence electrons. The Bertz CT molecular complexity index is 433. The summed E-state index contributed by atoms with van der Waals surface area (Å²) in [5.74, 6) is 2.16. The van der Waals surface area contributed by atoms with Crippen molar-refractivity contribution >= 4 is 29.2 Å². The van der Waals surface area contributed by atoms with Crippen LogP contribution in [-0.4, -0.2) is 35.1 Å². The van der Waals surface area contributed by atoms with Crippen molar-refractivity contribution in [3.63, 3.8) is 0 Å². The van der Waals surface area contributed by atoms with Crippen molar-refractivity contribution in [2.24, 2.45) is 0 Å².